The van der Waals surface area contributed by atoms with Crippen molar-refractivity contribution in [2.24, 2.45) is 35.7 Å². The van der Waals surface area contributed by atoms with Gasteiger partial charge in [0.2, 0.25) is 0 Å². The minimum atomic E-state index is -5.31. The molecule has 7 rings (SSSR count). The van der Waals surface area contributed by atoms with Crippen molar-refractivity contribution in [3.63, 3.8) is 0 Å². The van der Waals surface area contributed by atoms with E-state index in [-0.39, 0.29) is 198 Å². The van der Waals surface area contributed by atoms with E-state index in [1.54, 1.807) is 0 Å². The summed E-state index contributed by atoms with van der Waals surface area (Å²) in [5.41, 5.74) is -2.40. The molecule has 78 heavy (non-hydrogen) atoms. The van der Waals surface area contributed by atoms with E-state index < -0.39 is 115 Å². The topological polar surface area (TPSA) is 454 Å². The summed E-state index contributed by atoms with van der Waals surface area (Å²) in [6.45, 7) is 1.51. The molecule has 27 nitrogen and oxygen atoms in total. The number of anilines is 1. The van der Waals surface area contributed by atoms with Gasteiger partial charge in [0.1, 0.15) is 47.2 Å². The molecule has 0 bridgehead atoms. The second-order valence-corrected chi connectivity index (χ2v) is 21.8. The van der Waals surface area contributed by atoms with Crippen LogP contribution in [0.1, 0.15) is 5.56 Å². The third-order valence-electron chi connectivity index (χ3n) is 9.96. The van der Waals surface area contributed by atoms with Crippen LogP contribution in [0.5, 0.6) is 17.2 Å². The van der Waals surface area contributed by atoms with E-state index in [0.29, 0.717) is 23.8 Å². The number of aliphatic imine (C=N–C) groups is 1. The minimum Gasteiger partial charge on any atom is -0.872 e. The normalized spacial score (nSPS) is 12.4. The maximum atomic E-state index is 13.7. The average molecular weight is 1210 g/mol. The van der Waals surface area contributed by atoms with Crippen LogP contribution >= 0.6 is 0 Å². The number of fused-ring (bicyclic) bond motifs is 2. The number of nitrogens with one attached hydrogen (secondary N) is 1. The summed E-state index contributed by atoms with van der Waals surface area (Å²) in [4.78, 5) is -0.481. The molecule has 7 aromatic rings. The summed E-state index contributed by atoms with van der Waals surface area (Å²) < 4.78 is 178. The Bertz CT molecular complexity index is 4190. The summed E-state index contributed by atoms with van der Waals surface area (Å²) in [6, 6.07) is 15.3. The second kappa shape index (κ2) is 27.9. The maximum absolute atomic E-state index is 13.7. The first-order valence-electron chi connectivity index (χ1n) is 19.5. The van der Waals surface area contributed by atoms with E-state index in [9.17, 15) is 80.2 Å². The fourth-order valence-corrected chi connectivity index (χ4v) is 9.44. The van der Waals surface area contributed by atoms with Crippen molar-refractivity contribution in [3.05, 3.63) is 109 Å². The van der Waals surface area contributed by atoms with Crippen LogP contribution < -0.4 is 173 Å². The summed E-state index contributed by atoms with van der Waals surface area (Å²) in [6.07, 6.45) is 0. The molecule has 380 valence electrons. The molecule has 4 N–H and O–H groups in total. The molecule has 0 radical (unpaired) electrons. The molecule has 0 amide bonds. The molecule has 7 aromatic carbocycles. The van der Waals surface area contributed by atoms with Gasteiger partial charge in [-0.25, -0.2) is 21.8 Å². The zero-order valence-electron chi connectivity index (χ0n) is 41.4. The summed E-state index contributed by atoms with van der Waals surface area (Å²) in [7, 11) is -24.1. The summed E-state index contributed by atoms with van der Waals surface area (Å²) >= 11 is 0. The van der Waals surface area contributed by atoms with Gasteiger partial charge in [0.15, 0.2) is 0 Å². The molecular formula is C41H27N8Na5O19S5. The number of ether oxygens (including phenoxy) is 1. The van der Waals surface area contributed by atoms with E-state index >= 15 is 0 Å². The second-order valence-electron chi connectivity index (χ2n) is 14.9. The molecule has 0 fully saturated rings. The zero-order valence-corrected chi connectivity index (χ0v) is 55.4. The third kappa shape index (κ3) is 17.3. The number of methoxy groups -OCH3 is 1. The van der Waals surface area contributed by atoms with Crippen LogP contribution in [0.2, 0.25) is 0 Å². The molecule has 0 aromatic heterocycles. The minimum absolute atomic E-state index is 0. The molecule has 0 atom stereocenters. The van der Waals surface area contributed by atoms with Crippen molar-refractivity contribution >= 4 is 124 Å². The monoisotopic (exact) mass is 1210 g/mol. The number of hydrogen-bond donors (Lipinski definition) is 4. The van der Waals surface area contributed by atoms with Gasteiger partial charge in [-0.15, -0.1) is 15.3 Å². The fraction of sp³-hybridized carbons (Fsp3) is 0.0488. The SMILES string of the molecule is COc1cc(C)c(N=Nc2cc(S(=O)(=O)[O-])cc3cc(S(=O)(=O)O)cc([O-])c23)cc1N=C([O-])Nc1ccc2c([O-])c(N=Nc3ccc(N=Nc4ccc(S(=O)(=O)[O-])cc4)cc3S(=O)(=O)O)c(S(=O)(=O)O)cc2c1.[Na+].[Na+].[Na+].[Na+].[Na+]. The van der Waals surface area contributed by atoms with Gasteiger partial charge in [-0.1, -0.05) is 17.6 Å². The van der Waals surface area contributed by atoms with Crippen molar-refractivity contribution in [1.29, 1.82) is 0 Å². The number of hydrogen-bond acceptors (Lipinski definition) is 23. The van der Waals surface area contributed by atoms with E-state index in [4.69, 9.17) is 4.74 Å². The number of azo groups is 3. The maximum Gasteiger partial charge on any atom is 1.00 e. The summed E-state index contributed by atoms with van der Waals surface area (Å²) in [5.74, 6) is -2.21. The van der Waals surface area contributed by atoms with Crippen LogP contribution in [0.4, 0.5) is 45.5 Å². The van der Waals surface area contributed by atoms with Gasteiger partial charge in [-0.3, -0.25) is 13.7 Å². The van der Waals surface area contributed by atoms with Crippen LogP contribution in [-0.2, 0) is 50.6 Å². The van der Waals surface area contributed by atoms with E-state index in [0.717, 1.165) is 66.7 Å². The van der Waals surface area contributed by atoms with Crippen LogP contribution in [-0.4, -0.2) is 78.0 Å². The first kappa shape index (κ1) is 71.2. The molecule has 0 spiro atoms. The average Bonchev–Trinajstić information content (AvgIpc) is 3.28. The number of nitrogens with zero attached hydrogens (tertiary/aromatic N) is 7. The largest absolute Gasteiger partial charge is 1.00 e. The first-order chi connectivity index (χ1) is 33.9. The molecule has 0 saturated heterocycles. The molecule has 0 aliphatic heterocycles. The Hall–Kier alpha value is -2.92. The Labute approximate surface area is 554 Å². The van der Waals surface area contributed by atoms with Gasteiger partial charge in [0.25, 0.3) is 30.4 Å². The number of amidine groups is 1. The van der Waals surface area contributed by atoms with E-state index in [1.807, 2.05) is 0 Å². The van der Waals surface area contributed by atoms with Crippen LogP contribution in [0, 0.1) is 6.92 Å². The Morgan fingerprint density at radius 3 is 1.67 bits per heavy atom. The molecule has 0 heterocycles. The van der Waals surface area contributed by atoms with Crippen molar-refractivity contribution in [2.75, 3.05) is 12.4 Å². The molecule has 0 saturated carbocycles. The standard InChI is InChI=1S/C41H32N8O19S5.5Na/c1-20-11-35(68-2)32(19-31(20)47-48-33-17-27(70(56,57)58)13-22-14-28(71(59,60)61)18-34(50)38(22)33)43-41(52)42-24-5-9-29-21(12-24)15-37(73(65,66)67)39(40(29)51)49-46-30-10-6-25(16-36(30)72(62,63)64)45-44-23-3-7-26(8-4-23)69(53,54)55;;;;;/h3-19,50-51H,1-2H3,(H2,42,43,52)(H,53,54,55)(H,56,57,58)(H,59,60,61)(H,62,63,64)(H,65,66,67);;;;;/q;5*+1/p-5. The molecule has 37 heteroatoms. The van der Waals surface area contributed by atoms with Gasteiger partial charge < -0.3 is 34.5 Å². The number of rotatable bonds is 14. The van der Waals surface area contributed by atoms with E-state index in [1.165, 1.54) is 32.2 Å². The Morgan fingerprint density at radius 1 is 0.526 bits per heavy atom. The molecule has 0 unspecified atom stereocenters. The first-order valence-corrected chi connectivity index (χ1v) is 26.7. The van der Waals surface area contributed by atoms with Crippen molar-refractivity contribution in [1.82, 2.24) is 0 Å². The Balaban J connectivity index is 0.00000416. The fourth-order valence-electron chi connectivity index (χ4n) is 6.62. The number of aryl methyl sites for hydroxylation is 1. The van der Waals surface area contributed by atoms with Crippen molar-refractivity contribution in [3.8, 4) is 17.2 Å². The van der Waals surface area contributed by atoms with Gasteiger partial charge >= 0.3 is 148 Å². The van der Waals surface area contributed by atoms with Crippen molar-refractivity contribution in [2.45, 2.75) is 31.4 Å². The predicted molar refractivity (Wildman–Crippen MR) is 246 cm³/mol. The van der Waals surface area contributed by atoms with E-state index in [2.05, 4.69) is 41.0 Å². The van der Waals surface area contributed by atoms with Crippen LogP contribution in [0.25, 0.3) is 21.5 Å². The third-order valence-corrected chi connectivity index (χ3v) is 14.2. The predicted octanol–water partition coefficient (Wildman–Crippen LogP) is -9.27. The Kier molecular flexibility index (Phi) is 25.5. The zero-order chi connectivity index (χ0) is 53.6. The van der Waals surface area contributed by atoms with Crippen molar-refractivity contribution < 1.29 is 233 Å². The molecule has 0 aliphatic rings. The van der Waals surface area contributed by atoms with Gasteiger partial charge in [0.05, 0.1) is 56.3 Å². The molecule has 0 aliphatic carbocycles. The van der Waals surface area contributed by atoms with Gasteiger partial charge in [-0.05, 0) is 126 Å². The smallest absolute Gasteiger partial charge is 0.872 e. The number of benzene rings is 7. The van der Waals surface area contributed by atoms with Crippen LogP contribution in [0.3, 0.4) is 0 Å². The van der Waals surface area contributed by atoms with Gasteiger partial charge in [-0.2, -0.15) is 40.6 Å². The Morgan fingerprint density at radius 2 is 1.09 bits per heavy atom. The van der Waals surface area contributed by atoms with Gasteiger partial charge in [0, 0.05) is 11.1 Å². The van der Waals surface area contributed by atoms with Crippen LogP contribution in [0.15, 0.2) is 163 Å². The quantitative estimate of drug-likeness (QED) is 0.0258. The summed E-state index contributed by atoms with van der Waals surface area (Å²) in [5, 5.41) is 64.0. The molecular weight excluding hydrogens is 1180 g/mol.